The highest BCUT2D eigenvalue weighted by atomic mass is 32.2. The van der Waals surface area contributed by atoms with E-state index in [-0.39, 0.29) is 5.91 Å². The van der Waals surface area contributed by atoms with Gasteiger partial charge in [0.05, 0.1) is 23.4 Å². The predicted octanol–water partition coefficient (Wildman–Crippen LogP) is 6.20. The molecular weight excluding hydrogens is 488 g/mol. The molecule has 37 heavy (non-hydrogen) atoms. The normalized spacial score (nSPS) is 15.5. The summed E-state index contributed by atoms with van der Waals surface area (Å²) in [6, 6.07) is 17.0. The van der Waals surface area contributed by atoms with Crippen molar-refractivity contribution in [2.75, 3.05) is 18.6 Å². The van der Waals surface area contributed by atoms with Crippen molar-refractivity contribution in [3.63, 3.8) is 0 Å². The van der Waals surface area contributed by atoms with Crippen LogP contribution in [-0.4, -0.2) is 35.9 Å². The fraction of sp³-hybridized carbons (Fsp3) is 0.207. The number of methoxy groups -OCH3 is 1. The average molecular weight is 517 g/mol. The van der Waals surface area contributed by atoms with Gasteiger partial charge in [-0.3, -0.25) is 9.69 Å². The molecule has 1 saturated heterocycles. The number of carbonyl (C=O) groups excluding carboxylic acids is 1. The number of aryl methyl sites for hydroxylation is 4. The Morgan fingerprint density at radius 1 is 0.946 bits per heavy atom. The van der Waals surface area contributed by atoms with E-state index in [9.17, 15) is 9.59 Å². The molecule has 1 heterocycles. The Morgan fingerprint density at radius 2 is 1.65 bits per heavy atom. The minimum atomic E-state index is -1.08. The van der Waals surface area contributed by atoms with Crippen LogP contribution >= 0.6 is 11.8 Å². The lowest BCUT2D eigenvalue weighted by molar-refractivity contribution is -0.139. The lowest BCUT2D eigenvalue weighted by Gasteiger charge is -2.17. The molecule has 0 unspecified atom stereocenters. The number of amidine groups is 1. The van der Waals surface area contributed by atoms with Gasteiger partial charge in [0.2, 0.25) is 0 Å². The maximum absolute atomic E-state index is 13.7. The third-order valence-electron chi connectivity index (χ3n) is 6.11. The molecule has 0 spiro atoms. The summed E-state index contributed by atoms with van der Waals surface area (Å²) in [6.07, 6.45) is 1.77. The van der Waals surface area contributed by atoms with Crippen molar-refractivity contribution >= 4 is 46.3 Å². The molecule has 4 rings (SSSR count). The Hall–Kier alpha value is -4.04. The molecule has 190 valence electrons. The van der Waals surface area contributed by atoms with Gasteiger partial charge < -0.3 is 14.6 Å². The molecule has 3 aromatic rings. The van der Waals surface area contributed by atoms with Crippen molar-refractivity contribution in [3.05, 3.63) is 87.3 Å². The van der Waals surface area contributed by atoms with E-state index >= 15 is 0 Å². The van der Waals surface area contributed by atoms with E-state index < -0.39 is 12.6 Å². The summed E-state index contributed by atoms with van der Waals surface area (Å²) in [4.78, 5) is 31.5. The second-order valence-electron chi connectivity index (χ2n) is 8.78. The van der Waals surface area contributed by atoms with E-state index in [1.807, 2.05) is 57.2 Å². The SMILES string of the molecule is COc1cc(/C=C2/SC(=Nc3ccc(C)c(C)c3)N(c3ccc(C)c(C)c3)C2=O)ccc1OCC(=O)O. The Morgan fingerprint density at radius 3 is 2.30 bits per heavy atom. The molecule has 7 nitrogen and oxygen atoms in total. The molecule has 0 atom stereocenters. The maximum atomic E-state index is 13.7. The summed E-state index contributed by atoms with van der Waals surface area (Å²) in [5.74, 6) is -0.573. The molecule has 1 amide bonds. The van der Waals surface area contributed by atoms with E-state index in [4.69, 9.17) is 19.6 Å². The average Bonchev–Trinajstić information content (AvgIpc) is 3.16. The smallest absolute Gasteiger partial charge is 0.341 e. The summed E-state index contributed by atoms with van der Waals surface area (Å²) in [5, 5.41) is 9.46. The lowest BCUT2D eigenvalue weighted by Crippen LogP contribution is -2.28. The van der Waals surface area contributed by atoms with E-state index in [1.54, 1.807) is 29.2 Å². The minimum Gasteiger partial charge on any atom is -0.493 e. The fourth-order valence-electron chi connectivity index (χ4n) is 3.73. The molecule has 1 fully saturated rings. The first-order valence-corrected chi connectivity index (χ1v) is 12.5. The van der Waals surface area contributed by atoms with Crippen LogP contribution in [0.1, 0.15) is 27.8 Å². The summed E-state index contributed by atoms with van der Waals surface area (Å²) in [7, 11) is 1.48. The van der Waals surface area contributed by atoms with Crippen molar-refractivity contribution < 1.29 is 24.2 Å². The molecule has 8 heteroatoms. The van der Waals surface area contributed by atoms with Crippen molar-refractivity contribution in [3.8, 4) is 11.5 Å². The van der Waals surface area contributed by atoms with Crippen LogP contribution < -0.4 is 14.4 Å². The van der Waals surface area contributed by atoms with Crippen LogP contribution in [0.15, 0.2) is 64.5 Å². The number of ether oxygens (including phenoxy) is 2. The van der Waals surface area contributed by atoms with Crippen molar-refractivity contribution in [1.82, 2.24) is 0 Å². The Balaban J connectivity index is 1.74. The molecule has 1 N–H and O–H groups in total. The number of hydrogen-bond acceptors (Lipinski definition) is 6. The van der Waals surface area contributed by atoms with Gasteiger partial charge in [-0.25, -0.2) is 9.79 Å². The number of nitrogens with zero attached hydrogens (tertiary/aromatic N) is 2. The van der Waals surface area contributed by atoms with Gasteiger partial charge in [-0.1, -0.05) is 18.2 Å². The zero-order valence-corrected chi connectivity index (χ0v) is 22.2. The van der Waals surface area contributed by atoms with E-state index in [2.05, 4.69) is 6.92 Å². The van der Waals surface area contributed by atoms with Gasteiger partial charge in [0.15, 0.2) is 23.3 Å². The quantitative estimate of drug-likeness (QED) is 0.376. The highest BCUT2D eigenvalue weighted by molar-refractivity contribution is 8.19. The Labute approximate surface area is 220 Å². The largest absolute Gasteiger partial charge is 0.493 e. The highest BCUT2D eigenvalue weighted by Gasteiger charge is 2.35. The predicted molar refractivity (Wildman–Crippen MR) is 148 cm³/mol. The Bertz CT molecular complexity index is 1440. The van der Waals surface area contributed by atoms with Gasteiger partial charge in [0.1, 0.15) is 0 Å². The molecule has 3 aromatic carbocycles. The number of amides is 1. The van der Waals surface area contributed by atoms with E-state index in [0.29, 0.717) is 27.1 Å². The van der Waals surface area contributed by atoms with Crippen LogP contribution in [0.25, 0.3) is 6.08 Å². The number of aliphatic carboxylic acids is 1. The molecule has 0 aromatic heterocycles. The standard InChI is InChI=1S/C29H28N2O5S/c1-17-6-9-22(12-19(17)3)30-29-31(23-10-7-18(2)20(4)13-23)28(34)26(37-29)15-21-8-11-24(25(14-21)35-5)36-16-27(32)33/h6-15H,16H2,1-5H3,(H,32,33)/b26-15+,30-29?. The molecule has 1 aliphatic rings. The summed E-state index contributed by atoms with van der Waals surface area (Å²) >= 11 is 1.30. The molecule has 0 saturated carbocycles. The first kappa shape index (κ1) is 26.0. The zero-order valence-electron chi connectivity index (χ0n) is 21.4. The maximum Gasteiger partial charge on any atom is 0.341 e. The van der Waals surface area contributed by atoms with E-state index in [1.165, 1.54) is 24.4 Å². The second kappa shape index (κ2) is 10.9. The van der Waals surface area contributed by atoms with Gasteiger partial charge >= 0.3 is 5.97 Å². The number of anilines is 1. The third kappa shape index (κ3) is 5.86. The van der Waals surface area contributed by atoms with Crippen LogP contribution in [-0.2, 0) is 9.59 Å². The van der Waals surface area contributed by atoms with Gasteiger partial charge in [-0.2, -0.15) is 0 Å². The second-order valence-corrected chi connectivity index (χ2v) is 9.78. The number of rotatable bonds is 7. The van der Waals surface area contributed by atoms with Gasteiger partial charge in [0.25, 0.3) is 5.91 Å². The number of carbonyl (C=O) groups is 2. The van der Waals surface area contributed by atoms with Crippen molar-refractivity contribution in [1.29, 1.82) is 0 Å². The van der Waals surface area contributed by atoms with Gasteiger partial charge in [0, 0.05) is 0 Å². The number of carboxylic acids is 1. The van der Waals surface area contributed by atoms with Gasteiger partial charge in [-0.05, 0) is 110 Å². The fourth-order valence-corrected chi connectivity index (χ4v) is 4.73. The molecule has 0 bridgehead atoms. The molecule has 1 aliphatic heterocycles. The number of benzene rings is 3. The van der Waals surface area contributed by atoms with E-state index in [0.717, 1.165) is 28.1 Å². The third-order valence-corrected chi connectivity index (χ3v) is 7.08. The molecule has 0 aliphatic carbocycles. The van der Waals surface area contributed by atoms with Crippen LogP contribution in [0.3, 0.4) is 0 Å². The van der Waals surface area contributed by atoms with Crippen LogP contribution in [0.5, 0.6) is 11.5 Å². The van der Waals surface area contributed by atoms with Crippen LogP contribution in [0, 0.1) is 27.7 Å². The van der Waals surface area contributed by atoms with Crippen LogP contribution in [0.4, 0.5) is 11.4 Å². The number of hydrogen-bond donors (Lipinski definition) is 1. The number of aliphatic imine (C=N–C) groups is 1. The minimum absolute atomic E-state index is 0.180. The zero-order chi connectivity index (χ0) is 26.7. The lowest BCUT2D eigenvalue weighted by atomic mass is 10.1. The summed E-state index contributed by atoms with van der Waals surface area (Å²) in [5.41, 5.74) is 6.76. The molecule has 0 radical (unpaired) electrons. The summed E-state index contributed by atoms with van der Waals surface area (Å²) in [6.45, 7) is 7.66. The van der Waals surface area contributed by atoms with Crippen LogP contribution in [0.2, 0.25) is 0 Å². The number of carboxylic acid groups (broad SMARTS) is 1. The monoisotopic (exact) mass is 516 g/mol. The summed E-state index contributed by atoms with van der Waals surface area (Å²) < 4.78 is 10.7. The first-order chi connectivity index (χ1) is 17.7. The van der Waals surface area contributed by atoms with Crippen molar-refractivity contribution in [2.45, 2.75) is 27.7 Å². The first-order valence-electron chi connectivity index (χ1n) is 11.7. The van der Waals surface area contributed by atoms with Gasteiger partial charge in [-0.15, -0.1) is 0 Å². The molecular formula is C29H28N2O5S. The Kier molecular flexibility index (Phi) is 7.69. The topological polar surface area (TPSA) is 88.4 Å². The highest BCUT2D eigenvalue weighted by Crippen LogP contribution is 2.39. The number of thioether (sulfide) groups is 1. The van der Waals surface area contributed by atoms with Crippen molar-refractivity contribution in [2.24, 2.45) is 4.99 Å².